The van der Waals surface area contributed by atoms with Crippen LogP contribution in [0.4, 0.5) is 0 Å². The molecule has 5 nitrogen and oxygen atoms in total. The number of phenols is 1. The van der Waals surface area contributed by atoms with Gasteiger partial charge in [-0.2, -0.15) is 0 Å². The third kappa shape index (κ3) is 4.88. The lowest BCUT2D eigenvalue weighted by atomic mass is 10.1. The summed E-state index contributed by atoms with van der Waals surface area (Å²) in [4.78, 5) is 12.0. The van der Waals surface area contributed by atoms with Gasteiger partial charge in [-0.25, -0.2) is 0 Å². The molecule has 1 N–H and O–H groups in total. The number of phenolic OH excluding ortho intramolecular Hbond substituents is 1. The Balaban J connectivity index is 2.16. The van der Waals surface area contributed by atoms with Crippen LogP contribution in [0.1, 0.15) is 11.1 Å². The van der Waals surface area contributed by atoms with Crippen LogP contribution in [0.5, 0.6) is 23.0 Å². The molecule has 0 heterocycles. The first-order valence-electron chi connectivity index (χ1n) is 7.56. The second-order valence-electron chi connectivity index (χ2n) is 5.12. The van der Waals surface area contributed by atoms with Crippen molar-refractivity contribution in [2.24, 2.45) is 0 Å². The zero-order chi connectivity index (χ0) is 18.2. The molecule has 0 radical (unpaired) electrons. The molecule has 130 valence electrons. The van der Waals surface area contributed by atoms with Gasteiger partial charge in [-0.05, 0) is 47.5 Å². The number of allylic oxidation sites excluding steroid dienone is 2. The first-order valence-corrected chi connectivity index (χ1v) is 7.56. The minimum Gasteiger partial charge on any atom is -0.508 e. The number of hydrogen-bond donors (Lipinski definition) is 1. The quantitative estimate of drug-likeness (QED) is 0.778. The molecule has 0 fully saturated rings. The van der Waals surface area contributed by atoms with Crippen LogP contribution in [-0.2, 0) is 4.79 Å². The van der Waals surface area contributed by atoms with Gasteiger partial charge >= 0.3 is 0 Å². The summed E-state index contributed by atoms with van der Waals surface area (Å²) in [6.07, 6.45) is 6.18. The lowest BCUT2D eigenvalue weighted by molar-refractivity contribution is -0.110. The normalized spacial score (nSPS) is 11.0. The number of ketones is 1. The SMILES string of the molecule is COc1cc(/C=C/C(=O)/C=C/c2cccc(O)c2)cc(OC)c1OC. The van der Waals surface area contributed by atoms with Crippen molar-refractivity contribution < 1.29 is 24.1 Å². The van der Waals surface area contributed by atoms with E-state index < -0.39 is 0 Å². The molecule has 2 aromatic rings. The van der Waals surface area contributed by atoms with Gasteiger partial charge in [0.1, 0.15) is 5.75 Å². The van der Waals surface area contributed by atoms with Crippen molar-refractivity contribution in [2.75, 3.05) is 21.3 Å². The maximum absolute atomic E-state index is 12.0. The van der Waals surface area contributed by atoms with Crippen LogP contribution in [0.25, 0.3) is 12.2 Å². The minimum absolute atomic E-state index is 0.155. The van der Waals surface area contributed by atoms with Crippen molar-refractivity contribution >= 4 is 17.9 Å². The highest BCUT2D eigenvalue weighted by Gasteiger charge is 2.12. The Bertz CT molecular complexity index is 780. The lowest BCUT2D eigenvalue weighted by Gasteiger charge is -2.12. The summed E-state index contributed by atoms with van der Waals surface area (Å²) in [5.74, 6) is 1.51. The minimum atomic E-state index is -0.183. The standard InChI is InChI=1S/C20H20O5/c1-23-18-12-15(13-19(24-2)20(18)25-3)8-10-16(21)9-7-14-5-4-6-17(22)11-14/h4-13,22H,1-3H3/b9-7+,10-8+. The molecule has 0 aromatic heterocycles. The van der Waals surface area contributed by atoms with Gasteiger partial charge in [-0.3, -0.25) is 4.79 Å². The Labute approximate surface area is 146 Å². The summed E-state index contributed by atoms with van der Waals surface area (Å²) in [5, 5.41) is 9.41. The molecule has 0 aliphatic rings. The van der Waals surface area contributed by atoms with E-state index in [-0.39, 0.29) is 11.5 Å². The first kappa shape index (κ1) is 18.1. The molecular formula is C20H20O5. The molecule has 0 saturated heterocycles. The van der Waals surface area contributed by atoms with Crippen molar-refractivity contribution in [3.63, 3.8) is 0 Å². The largest absolute Gasteiger partial charge is 0.508 e. The van der Waals surface area contributed by atoms with Gasteiger partial charge in [0.05, 0.1) is 21.3 Å². The summed E-state index contributed by atoms with van der Waals surface area (Å²) in [5.41, 5.74) is 1.49. The topological polar surface area (TPSA) is 65.0 Å². The molecule has 0 aliphatic heterocycles. The third-order valence-electron chi connectivity index (χ3n) is 3.44. The Kier molecular flexibility index (Phi) is 6.23. The number of carbonyl (C=O) groups is 1. The molecule has 2 rings (SSSR count). The van der Waals surface area contributed by atoms with Crippen molar-refractivity contribution in [1.82, 2.24) is 0 Å². The van der Waals surface area contributed by atoms with E-state index >= 15 is 0 Å². The molecule has 0 atom stereocenters. The molecule has 0 spiro atoms. The second-order valence-corrected chi connectivity index (χ2v) is 5.12. The van der Waals surface area contributed by atoms with Gasteiger partial charge in [0.2, 0.25) is 5.75 Å². The zero-order valence-electron chi connectivity index (χ0n) is 14.4. The van der Waals surface area contributed by atoms with Crippen LogP contribution in [0, 0.1) is 0 Å². The Hall–Kier alpha value is -3.21. The fourth-order valence-corrected chi connectivity index (χ4v) is 2.24. The number of rotatable bonds is 7. The highest BCUT2D eigenvalue weighted by atomic mass is 16.5. The van der Waals surface area contributed by atoms with Gasteiger partial charge in [-0.1, -0.05) is 24.3 Å². The fraction of sp³-hybridized carbons (Fsp3) is 0.150. The van der Waals surface area contributed by atoms with Crippen LogP contribution in [0.2, 0.25) is 0 Å². The fourth-order valence-electron chi connectivity index (χ4n) is 2.24. The van der Waals surface area contributed by atoms with Crippen LogP contribution in [-0.4, -0.2) is 32.2 Å². The molecule has 0 saturated carbocycles. The number of carbonyl (C=O) groups excluding carboxylic acids is 1. The predicted octanol–water partition coefficient (Wildman–Crippen LogP) is 3.71. The molecule has 5 heteroatoms. The summed E-state index contributed by atoms with van der Waals surface area (Å²) in [6.45, 7) is 0. The van der Waals surface area contributed by atoms with E-state index in [0.29, 0.717) is 17.2 Å². The van der Waals surface area contributed by atoms with E-state index in [4.69, 9.17) is 14.2 Å². The molecule has 0 amide bonds. The number of ether oxygens (including phenoxy) is 3. The molecule has 0 unspecified atom stereocenters. The van der Waals surface area contributed by atoms with Gasteiger partial charge in [0, 0.05) is 0 Å². The van der Waals surface area contributed by atoms with E-state index in [0.717, 1.165) is 11.1 Å². The highest BCUT2D eigenvalue weighted by Crippen LogP contribution is 2.38. The van der Waals surface area contributed by atoms with Crippen molar-refractivity contribution in [1.29, 1.82) is 0 Å². The van der Waals surface area contributed by atoms with Crippen molar-refractivity contribution in [3.8, 4) is 23.0 Å². The van der Waals surface area contributed by atoms with Crippen molar-refractivity contribution in [3.05, 3.63) is 59.7 Å². The van der Waals surface area contributed by atoms with Crippen LogP contribution >= 0.6 is 0 Å². The van der Waals surface area contributed by atoms with Gasteiger partial charge < -0.3 is 19.3 Å². The van der Waals surface area contributed by atoms with E-state index in [9.17, 15) is 9.90 Å². The average Bonchev–Trinajstić information content (AvgIpc) is 2.63. The molecule has 0 bridgehead atoms. The third-order valence-corrected chi connectivity index (χ3v) is 3.44. The highest BCUT2D eigenvalue weighted by molar-refractivity contribution is 6.04. The Morgan fingerprint density at radius 2 is 1.48 bits per heavy atom. The van der Waals surface area contributed by atoms with Crippen molar-refractivity contribution in [2.45, 2.75) is 0 Å². The maximum atomic E-state index is 12.0. The van der Waals surface area contributed by atoms with Crippen LogP contribution in [0.15, 0.2) is 48.6 Å². The van der Waals surface area contributed by atoms with E-state index in [1.165, 1.54) is 33.5 Å². The van der Waals surface area contributed by atoms with E-state index in [1.54, 1.807) is 48.6 Å². The van der Waals surface area contributed by atoms with E-state index in [1.807, 2.05) is 0 Å². The van der Waals surface area contributed by atoms with E-state index in [2.05, 4.69) is 0 Å². The first-order chi connectivity index (χ1) is 12.1. The van der Waals surface area contributed by atoms with Gasteiger partial charge in [0.15, 0.2) is 17.3 Å². The molecule has 25 heavy (non-hydrogen) atoms. The second kappa shape index (κ2) is 8.59. The number of benzene rings is 2. The lowest BCUT2D eigenvalue weighted by Crippen LogP contribution is -1.95. The Morgan fingerprint density at radius 3 is 2.00 bits per heavy atom. The Morgan fingerprint density at radius 1 is 0.880 bits per heavy atom. The number of methoxy groups -OCH3 is 3. The van der Waals surface area contributed by atoms with Gasteiger partial charge in [0.25, 0.3) is 0 Å². The average molecular weight is 340 g/mol. The van der Waals surface area contributed by atoms with Crippen LogP contribution in [0.3, 0.4) is 0 Å². The molecule has 2 aromatic carbocycles. The summed E-state index contributed by atoms with van der Waals surface area (Å²) in [6, 6.07) is 10.2. The summed E-state index contributed by atoms with van der Waals surface area (Å²) >= 11 is 0. The summed E-state index contributed by atoms with van der Waals surface area (Å²) in [7, 11) is 4.60. The monoisotopic (exact) mass is 340 g/mol. The number of aromatic hydroxyl groups is 1. The maximum Gasteiger partial charge on any atom is 0.203 e. The van der Waals surface area contributed by atoms with Crippen LogP contribution < -0.4 is 14.2 Å². The smallest absolute Gasteiger partial charge is 0.203 e. The number of hydrogen-bond acceptors (Lipinski definition) is 5. The predicted molar refractivity (Wildman–Crippen MR) is 97.3 cm³/mol. The molecular weight excluding hydrogens is 320 g/mol. The van der Waals surface area contributed by atoms with Gasteiger partial charge in [-0.15, -0.1) is 0 Å². The summed E-state index contributed by atoms with van der Waals surface area (Å²) < 4.78 is 15.8. The molecule has 0 aliphatic carbocycles. The zero-order valence-corrected chi connectivity index (χ0v) is 14.4.